The molecule has 0 aliphatic heterocycles. The fourth-order valence-corrected chi connectivity index (χ4v) is 2.29. The average Bonchev–Trinajstić information content (AvgIpc) is 2.78. The van der Waals surface area contributed by atoms with Gasteiger partial charge < -0.3 is 4.74 Å². The SMILES string of the molecule is COc1ccc(-c2scnc2C(C)=O)cc1. The van der Waals surface area contributed by atoms with Gasteiger partial charge in [0.05, 0.1) is 17.5 Å². The second-order valence-corrected chi connectivity index (χ2v) is 4.17. The molecule has 1 aromatic carbocycles. The number of nitrogens with zero attached hydrogens (tertiary/aromatic N) is 1. The van der Waals surface area contributed by atoms with E-state index in [0.717, 1.165) is 16.2 Å². The summed E-state index contributed by atoms with van der Waals surface area (Å²) in [6, 6.07) is 7.61. The van der Waals surface area contributed by atoms with Gasteiger partial charge in [-0.25, -0.2) is 4.98 Å². The molecule has 0 saturated carbocycles. The molecule has 0 aliphatic rings. The highest BCUT2D eigenvalue weighted by atomic mass is 32.1. The number of carbonyl (C=O) groups is 1. The number of benzene rings is 1. The van der Waals surface area contributed by atoms with E-state index < -0.39 is 0 Å². The van der Waals surface area contributed by atoms with Crippen LogP contribution >= 0.6 is 11.3 Å². The minimum atomic E-state index is -0.00734. The Morgan fingerprint density at radius 3 is 2.56 bits per heavy atom. The number of carbonyl (C=O) groups excluding carboxylic acids is 1. The van der Waals surface area contributed by atoms with Gasteiger partial charge in [-0.3, -0.25) is 4.79 Å². The molecular weight excluding hydrogens is 222 g/mol. The Morgan fingerprint density at radius 1 is 1.31 bits per heavy atom. The molecule has 0 atom stereocenters. The fourth-order valence-electron chi connectivity index (χ4n) is 1.44. The number of Topliss-reactive ketones (excluding diaryl/α,β-unsaturated/α-hetero) is 1. The molecule has 1 heterocycles. The van der Waals surface area contributed by atoms with E-state index in [-0.39, 0.29) is 5.78 Å². The molecule has 3 nitrogen and oxygen atoms in total. The van der Waals surface area contributed by atoms with Gasteiger partial charge in [0, 0.05) is 6.92 Å². The molecule has 0 saturated heterocycles. The number of thiazole rings is 1. The molecule has 16 heavy (non-hydrogen) atoms. The fraction of sp³-hybridized carbons (Fsp3) is 0.167. The Bertz CT molecular complexity index is 502. The van der Waals surface area contributed by atoms with E-state index in [1.807, 2.05) is 24.3 Å². The van der Waals surface area contributed by atoms with Gasteiger partial charge in [-0.1, -0.05) is 0 Å². The van der Waals surface area contributed by atoms with Crippen LogP contribution in [0, 0.1) is 0 Å². The lowest BCUT2D eigenvalue weighted by Gasteiger charge is -2.02. The van der Waals surface area contributed by atoms with Gasteiger partial charge >= 0.3 is 0 Å². The lowest BCUT2D eigenvalue weighted by molar-refractivity contribution is 0.101. The van der Waals surface area contributed by atoms with Gasteiger partial charge in [0.25, 0.3) is 0 Å². The molecule has 0 aliphatic carbocycles. The van der Waals surface area contributed by atoms with Crippen LogP contribution in [-0.4, -0.2) is 17.9 Å². The van der Waals surface area contributed by atoms with Crippen LogP contribution in [0.5, 0.6) is 5.75 Å². The van der Waals surface area contributed by atoms with Crippen LogP contribution in [0.1, 0.15) is 17.4 Å². The number of ketones is 1. The van der Waals surface area contributed by atoms with E-state index in [1.54, 1.807) is 12.6 Å². The summed E-state index contributed by atoms with van der Waals surface area (Å²) >= 11 is 1.47. The maximum atomic E-state index is 11.3. The minimum Gasteiger partial charge on any atom is -0.497 e. The summed E-state index contributed by atoms with van der Waals surface area (Å²) in [5.74, 6) is 0.796. The smallest absolute Gasteiger partial charge is 0.179 e. The molecular formula is C12H11NO2S. The topological polar surface area (TPSA) is 39.2 Å². The molecule has 0 unspecified atom stereocenters. The van der Waals surface area contributed by atoms with Gasteiger partial charge in [0.2, 0.25) is 0 Å². The summed E-state index contributed by atoms with van der Waals surface area (Å²) in [6.45, 7) is 1.53. The molecule has 1 aromatic heterocycles. The quantitative estimate of drug-likeness (QED) is 0.765. The molecule has 2 rings (SSSR count). The normalized spacial score (nSPS) is 10.1. The molecule has 82 valence electrons. The van der Waals surface area contributed by atoms with Crippen molar-refractivity contribution in [2.45, 2.75) is 6.92 Å². The zero-order chi connectivity index (χ0) is 11.5. The predicted molar refractivity (Wildman–Crippen MR) is 64.1 cm³/mol. The van der Waals surface area contributed by atoms with Gasteiger partial charge in [-0.15, -0.1) is 11.3 Å². The number of hydrogen-bond acceptors (Lipinski definition) is 4. The second-order valence-electron chi connectivity index (χ2n) is 3.31. The van der Waals surface area contributed by atoms with Crippen LogP contribution < -0.4 is 4.74 Å². The highest BCUT2D eigenvalue weighted by molar-refractivity contribution is 7.13. The first-order chi connectivity index (χ1) is 7.72. The Labute approximate surface area is 97.7 Å². The Kier molecular flexibility index (Phi) is 3.01. The lowest BCUT2D eigenvalue weighted by Crippen LogP contribution is -1.94. The number of rotatable bonds is 3. The third kappa shape index (κ3) is 1.97. The molecule has 0 bridgehead atoms. The van der Waals surface area contributed by atoms with E-state index >= 15 is 0 Å². The van der Waals surface area contributed by atoms with Crippen molar-refractivity contribution in [3.8, 4) is 16.2 Å². The van der Waals surface area contributed by atoms with E-state index in [9.17, 15) is 4.79 Å². The number of hydrogen-bond donors (Lipinski definition) is 0. The molecule has 0 radical (unpaired) electrons. The van der Waals surface area contributed by atoms with Crippen LogP contribution in [0.2, 0.25) is 0 Å². The largest absolute Gasteiger partial charge is 0.497 e. The number of aromatic nitrogens is 1. The van der Waals surface area contributed by atoms with Crippen LogP contribution in [0.4, 0.5) is 0 Å². The Balaban J connectivity index is 2.42. The summed E-state index contributed by atoms with van der Waals surface area (Å²) in [5, 5.41) is 0. The Morgan fingerprint density at radius 2 is 2.00 bits per heavy atom. The first-order valence-corrected chi connectivity index (χ1v) is 5.69. The second kappa shape index (κ2) is 4.45. The highest BCUT2D eigenvalue weighted by Gasteiger charge is 2.12. The van der Waals surface area contributed by atoms with E-state index in [1.165, 1.54) is 18.3 Å². The molecule has 0 N–H and O–H groups in total. The number of ether oxygens (including phenoxy) is 1. The highest BCUT2D eigenvalue weighted by Crippen LogP contribution is 2.29. The summed E-state index contributed by atoms with van der Waals surface area (Å²) in [4.78, 5) is 16.3. The van der Waals surface area contributed by atoms with Crippen LogP contribution in [0.25, 0.3) is 10.4 Å². The van der Waals surface area contributed by atoms with E-state index in [4.69, 9.17) is 4.74 Å². The molecule has 0 amide bonds. The Hall–Kier alpha value is -1.68. The number of methoxy groups -OCH3 is 1. The third-order valence-electron chi connectivity index (χ3n) is 2.25. The zero-order valence-corrected chi connectivity index (χ0v) is 9.88. The van der Waals surface area contributed by atoms with Crippen molar-refractivity contribution in [2.24, 2.45) is 0 Å². The van der Waals surface area contributed by atoms with Crippen molar-refractivity contribution >= 4 is 17.1 Å². The summed E-state index contributed by atoms with van der Waals surface area (Å²) in [6.07, 6.45) is 0. The predicted octanol–water partition coefficient (Wildman–Crippen LogP) is 3.02. The van der Waals surface area contributed by atoms with Crippen molar-refractivity contribution in [1.82, 2.24) is 4.98 Å². The first-order valence-electron chi connectivity index (χ1n) is 4.81. The summed E-state index contributed by atoms with van der Waals surface area (Å²) in [5.41, 5.74) is 3.22. The first kappa shape index (κ1) is 10.8. The van der Waals surface area contributed by atoms with Gasteiger partial charge in [-0.2, -0.15) is 0 Å². The molecule has 0 fully saturated rings. The van der Waals surface area contributed by atoms with Crippen LogP contribution in [-0.2, 0) is 0 Å². The van der Waals surface area contributed by atoms with Gasteiger partial charge in [-0.05, 0) is 29.8 Å². The standard InChI is InChI=1S/C12H11NO2S/c1-8(14)11-12(16-7-13-11)9-3-5-10(15-2)6-4-9/h3-7H,1-2H3. The maximum absolute atomic E-state index is 11.3. The summed E-state index contributed by atoms with van der Waals surface area (Å²) < 4.78 is 5.09. The zero-order valence-electron chi connectivity index (χ0n) is 9.06. The van der Waals surface area contributed by atoms with Crippen molar-refractivity contribution in [1.29, 1.82) is 0 Å². The monoisotopic (exact) mass is 233 g/mol. The van der Waals surface area contributed by atoms with Crippen LogP contribution in [0.15, 0.2) is 29.8 Å². The van der Waals surface area contributed by atoms with Crippen molar-refractivity contribution < 1.29 is 9.53 Å². The molecule has 2 aromatic rings. The van der Waals surface area contributed by atoms with E-state index in [0.29, 0.717) is 5.69 Å². The van der Waals surface area contributed by atoms with E-state index in [2.05, 4.69) is 4.98 Å². The third-order valence-corrected chi connectivity index (χ3v) is 3.13. The lowest BCUT2D eigenvalue weighted by atomic mass is 10.1. The summed E-state index contributed by atoms with van der Waals surface area (Å²) in [7, 11) is 1.63. The molecule has 4 heteroatoms. The van der Waals surface area contributed by atoms with Gasteiger partial charge in [0.15, 0.2) is 5.78 Å². The molecule has 0 spiro atoms. The van der Waals surface area contributed by atoms with Crippen LogP contribution in [0.3, 0.4) is 0 Å². The average molecular weight is 233 g/mol. The van der Waals surface area contributed by atoms with Gasteiger partial charge in [0.1, 0.15) is 11.4 Å². The van der Waals surface area contributed by atoms with Crippen molar-refractivity contribution in [2.75, 3.05) is 7.11 Å². The maximum Gasteiger partial charge on any atom is 0.179 e. The minimum absolute atomic E-state index is 0.00734. The van der Waals surface area contributed by atoms with Crippen molar-refractivity contribution in [3.05, 3.63) is 35.5 Å². The van der Waals surface area contributed by atoms with Crippen molar-refractivity contribution in [3.63, 3.8) is 0 Å².